The molecule has 8 heteroatoms. The van der Waals surface area contributed by atoms with Gasteiger partial charge in [-0.25, -0.2) is 13.4 Å². The van der Waals surface area contributed by atoms with Crippen LogP contribution in [-0.4, -0.2) is 44.8 Å². The van der Waals surface area contributed by atoms with E-state index in [1.165, 1.54) is 11.3 Å². The van der Waals surface area contributed by atoms with E-state index in [2.05, 4.69) is 4.99 Å². The molecule has 126 valence electrons. The van der Waals surface area contributed by atoms with Gasteiger partial charge in [0.25, 0.3) is 0 Å². The Morgan fingerprint density at radius 3 is 2.75 bits per heavy atom. The van der Waals surface area contributed by atoms with E-state index in [1.807, 2.05) is 46.7 Å². The first-order chi connectivity index (χ1) is 11.6. The first-order valence-electron chi connectivity index (χ1n) is 7.41. The minimum atomic E-state index is -2.57. The molecule has 6 nitrogen and oxygen atoms in total. The van der Waals surface area contributed by atoms with Crippen molar-refractivity contribution in [1.29, 1.82) is 0 Å². The van der Waals surface area contributed by atoms with Crippen LogP contribution in [0.15, 0.2) is 46.8 Å². The highest BCUT2D eigenvalue weighted by atomic mass is 32.2. The highest BCUT2D eigenvalue weighted by Gasteiger charge is 2.32. The first kappa shape index (κ1) is 16.8. The van der Waals surface area contributed by atoms with Gasteiger partial charge in [-0.2, -0.15) is 0 Å². The van der Waals surface area contributed by atoms with Crippen molar-refractivity contribution >= 4 is 45.4 Å². The van der Waals surface area contributed by atoms with E-state index in [0.717, 1.165) is 22.5 Å². The molecular weight excluding hydrogens is 346 g/mol. The van der Waals surface area contributed by atoms with Gasteiger partial charge in [-0.15, -0.1) is 11.3 Å². The lowest BCUT2D eigenvalue weighted by molar-refractivity contribution is -0.107. The Morgan fingerprint density at radius 2 is 2.08 bits per heavy atom. The van der Waals surface area contributed by atoms with Crippen molar-refractivity contribution in [2.75, 3.05) is 17.2 Å². The van der Waals surface area contributed by atoms with Crippen LogP contribution in [0.3, 0.4) is 0 Å². The van der Waals surface area contributed by atoms with Crippen molar-refractivity contribution in [3.8, 4) is 0 Å². The molecule has 2 unspecified atom stereocenters. The Bertz CT molecular complexity index is 823. The van der Waals surface area contributed by atoms with Gasteiger partial charge in [0, 0.05) is 12.6 Å². The van der Waals surface area contributed by atoms with Crippen LogP contribution in [0.4, 0.5) is 11.4 Å². The van der Waals surface area contributed by atoms with Crippen LogP contribution in [0, 0.1) is 0 Å². The number of carbonyl (C=O) groups is 1. The molecule has 2 N–H and O–H groups in total. The van der Waals surface area contributed by atoms with Gasteiger partial charge in [0.1, 0.15) is 23.0 Å². The number of fused-ring (bicyclic) bond motifs is 1. The van der Waals surface area contributed by atoms with E-state index in [4.69, 9.17) is 5.73 Å². The molecule has 0 fully saturated rings. The van der Waals surface area contributed by atoms with Gasteiger partial charge in [-0.05, 0) is 23.6 Å². The van der Waals surface area contributed by atoms with E-state index in [-0.39, 0.29) is 12.3 Å². The lowest BCUT2D eigenvalue weighted by Gasteiger charge is -2.36. The Labute approximate surface area is 145 Å². The third-order valence-corrected chi connectivity index (χ3v) is 5.42. The molecule has 2 heterocycles. The number of hydrogen-bond acceptors (Lipinski definition) is 7. The average Bonchev–Trinajstić information content (AvgIpc) is 3.08. The Hall–Kier alpha value is -2.03. The molecular formula is C16H17N3O3S2. The number of nitrogens with zero attached hydrogens (tertiary/aromatic N) is 2. The van der Waals surface area contributed by atoms with E-state index >= 15 is 0 Å². The molecule has 1 aromatic carbocycles. The summed E-state index contributed by atoms with van der Waals surface area (Å²) in [7, 11) is -2.57. The van der Waals surface area contributed by atoms with Crippen LogP contribution in [0.25, 0.3) is 0 Å². The SMILES string of the molecule is NC(CN1c2ccccc2N=C(c2cccs2)C1C=O)C[SH](=O)=O. The molecule has 1 aliphatic heterocycles. The number of aliphatic imine (C=N–C) groups is 1. The molecule has 0 saturated carbocycles. The van der Waals surface area contributed by atoms with Gasteiger partial charge in [0.2, 0.25) is 0 Å². The zero-order chi connectivity index (χ0) is 17.1. The van der Waals surface area contributed by atoms with Crippen molar-refractivity contribution in [3.05, 3.63) is 46.7 Å². The monoisotopic (exact) mass is 363 g/mol. The Kier molecular flexibility index (Phi) is 5.08. The molecule has 24 heavy (non-hydrogen) atoms. The normalized spacial score (nSPS) is 18.2. The quantitative estimate of drug-likeness (QED) is 0.594. The lowest BCUT2D eigenvalue weighted by Crippen LogP contribution is -2.50. The number of thiophene rings is 1. The van der Waals surface area contributed by atoms with Crippen LogP contribution >= 0.6 is 11.3 Å². The molecule has 0 aliphatic carbocycles. The lowest BCUT2D eigenvalue weighted by atomic mass is 10.0. The van der Waals surface area contributed by atoms with E-state index in [1.54, 1.807) is 0 Å². The summed E-state index contributed by atoms with van der Waals surface area (Å²) in [5.74, 6) is -0.120. The zero-order valence-electron chi connectivity index (χ0n) is 12.7. The number of nitrogens with two attached hydrogens (primary N) is 1. The van der Waals surface area contributed by atoms with Gasteiger partial charge in [0.15, 0.2) is 0 Å². The summed E-state index contributed by atoms with van der Waals surface area (Å²) in [6.45, 7) is 0.258. The predicted octanol–water partition coefficient (Wildman–Crippen LogP) is 1.20. The first-order valence-corrected chi connectivity index (χ1v) is 9.65. The summed E-state index contributed by atoms with van der Waals surface area (Å²) < 4.78 is 21.9. The van der Waals surface area contributed by atoms with Crippen LogP contribution in [-0.2, 0) is 15.5 Å². The van der Waals surface area contributed by atoms with Gasteiger partial charge >= 0.3 is 0 Å². The summed E-state index contributed by atoms with van der Waals surface area (Å²) in [5.41, 5.74) is 8.16. The number of anilines is 1. The van der Waals surface area contributed by atoms with Gasteiger partial charge < -0.3 is 15.4 Å². The minimum absolute atomic E-state index is 0.120. The molecule has 0 spiro atoms. The molecule has 0 bridgehead atoms. The molecule has 0 amide bonds. The van der Waals surface area contributed by atoms with Crippen molar-refractivity contribution in [1.82, 2.24) is 0 Å². The van der Waals surface area contributed by atoms with Crippen LogP contribution in [0.1, 0.15) is 4.88 Å². The Balaban J connectivity index is 2.03. The summed E-state index contributed by atoms with van der Waals surface area (Å²) in [6.07, 6.45) is 0.832. The number of rotatable bonds is 6. The van der Waals surface area contributed by atoms with Crippen molar-refractivity contribution in [2.24, 2.45) is 10.7 Å². The number of aldehydes is 1. The van der Waals surface area contributed by atoms with Gasteiger partial charge in [-0.3, -0.25) is 0 Å². The maximum atomic E-state index is 11.8. The highest BCUT2D eigenvalue weighted by molar-refractivity contribution is 7.72. The van der Waals surface area contributed by atoms with Crippen LogP contribution in [0.2, 0.25) is 0 Å². The highest BCUT2D eigenvalue weighted by Crippen LogP contribution is 2.36. The third kappa shape index (κ3) is 3.40. The second kappa shape index (κ2) is 7.25. The summed E-state index contributed by atoms with van der Waals surface area (Å²) in [5, 5.41) is 1.93. The molecule has 3 rings (SSSR count). The standard InChI is InChI=1S/C16H17N3O3S2/c17-11(10-24(21)22)8-19-13-5-2-1-4-12(13)18-16(14(19)9-20)15-6-3-7-23-15/h1-7,9,11,14,24H,8,10,17H2. The minimum Gasteiger partial charge on any atom is -0.353 e. The maximum Gasteiger partial charge on any atom is 0.148 e. The fourth-order valence-corrected chi connectivity index (χ4v) is 4.02. The molecule has 1 aliphatic rings. The zero-order valence-corrected chi connectivity index (χ0v) is 14.5. The fourth-order valence-electron chi connectivity index (χ4n) is 2.77. The smallest absolute Gasteiger partial charge is 0.148 e. The number of thiol groups is 1. The average molecular weight is 363 g/mol. The number of benzene rings is 1. The summed E-state index contributed by atoms with van der Waals surface area (Å²) in [6, 6.07) is 10.1. The van der Waals surface area contributed by atoms with Gasteiger partial charge in [0.05, 0.1) is 27.7 Å². The molecule has 2 atom stereocenters. The number of carbonyl (C=O) groups excluding carboxylic acids is 1. The van der Waals surface area contributed by atoms with E-state index < -0.39 is 22.8 Å². The fraction of sp³-hybridized carbons (Fsp3) is 0.250. The maximum absolute atomic E-state index is 11.8. The molecule has 1 aromatic heterocycles. The third-order valence-electron chi connectivity index (χ3n) is 3.77. The predicted molar refractivity (Wildman–Crippen MR) is 97.3 cm³/mol. The van der Waals surface area contributed by atoms with Crippen molar-refractivity contribution in [3.63, 3.8) is 0 Å². The van der Waals surface area contributed by atoms with Gasteiger partial charge in [-0.1, -0.05) is 18.2 Å². The van der Waals surface area contributed by atoms with Crippen LogP contribution < -0.4 is 10.6 Å². The second-order valence-corrected chi connectivity index (χ2v) is 7.45. The largest absolute Gasteiger partial charge is 0.353 e. The number of para-hydroxylation sites is 2. The number of hydrogen-bond donors (Lipinski definition) is 2. The topological polar surface area (TPSA) is 92.8 Å². The summed E-state index contributed by atoms with van der Waals surface area (Å²) >= 11 is 1.51. The molecule has 2 aromatic rings. The van der Waals surface area contributed by atoms with Crippen molar-refractivity contribution < 1.29 is 13.2 Å². The van der Waals surface area contributed by atoms with Crippen LogP contribution in [0.5, 0.6) is 0 Å². The van der Waals surface area contributed by atoms with Crippen molar-refractivity contribution in [2.45, 2.75) is 12.1 Å². The molecule has 0 saturated heterocycles. The second-order valence-electron chi connectivity index (χ2n) is 5.47. The van der Waals surface area contributed by atoms with E-state index in [0.29, 0.717) is 5.71 Å². The molecule has 0 radical (unpaired) electrons. The summed E-state index contributed by atoms with van der Waals surface area (Å²) in [4.78, 5) is 19.2. The Morgan fingerprint density at radius 1 is 1.29 bits per heavy atom. The van der Waals surface area contributed by atoms with E-state index in [9.17, 15) is 13.2 Å².